The van der Waals surface area contributed by atoms with Gasteiger partial charge in [-0.1, -0.05) is 73.6 Å². The summed E-state index contributed by atoms with van der Waals surface area (Å²) < 4.78 is 6.14. The molecule has 0 aromatic heterocycles. The van der Waals surface area contributed by atoms with Gasteiger partial charge < -0.3 is 15.0 Å². The van der Waals surface area contributed by atoms with Crippen LogP contribution in [0.1, 0.15) is 61.6 Å². The summed E-state index contributed by atoms with van der Waals surface area (Å²) >= 11 is 6.33. The molecule has 1 saturated carbocycles. The molecule has 198 valence electrons. The van der Waals surface area contributed by atoms with E-state index in [0.717, 1.165) is 23.4 Å². The zero-order valence-electron chi connectivity index (χ0n) is 21.5. The number of nitrogens with zero attached hydrogens (tertiary/aromatic N) is 2. The molecule has 3 fully saturated rings. The van der Waals surface area contributed by atoms with Crippen molar-refractivity contribution < 1.29 is 14.3 Å². The van der Waals surface area contributed by atoms with Gasteiger partial charge in [-0.2, -0.15) is 0 Å². The van der Waals surface area contributed by atoms with Gasteiger partial charge in [0.2, 0.25) is 0 Å². The normalized spacial score (nSPS) is 22.5. The van der Waals surface area contributed by atoms with Crippen LogP contribution in [-0.4, -0.2) is 40.7 Å². The Bertz CT molecular complexity index is 1270. The van der Waals surface area contributed by atoms with Gasteiger partial charge >= 0.3 is 0 Å². The minimum Gasteiger partial charge on any atom is -0.482 e. The molecule has 3 heterocycles. The maximum Gasteiger partial charge on any atom is 0.265 e. The van der Waals surface area contributed by atoms with Crippen LogP contribution in [0, 0.1) is 5.41 Å². The number of rotatable bonds is 5. The number of piperidine rings is 1. The van der Waals surface area contributed by atoms with Crippen LogP contribution in [-0.2, 0) is 22.7 Å². The van der Waals surface area contributed by atoms with E-state index in [-0.39, 0.29) is 18.4 Å². The number of carbonyl (C=O) groups is 2. The topological polar surface area (TPSA) is 61.9 Å². The van der Waals surface area contributed by atoms with Gasteiger partial charge in [0.15, 0.2) is 6.61 Å². The Morgan fingerprint density at radius 2 is 1.66 bits per heavy atom. The first-order valence-corrected chi connectivity index (χ1v) is 14.8. The van der Waals surface area contributed by atoms with Gasteiger partial charge in [-0.25, -0.2) is 0 Å². The van der Waals surface area contributed by atoms with Crippen LogP contribution in [0.15, 0.2) is 47.4 Å². The Kier molecular flexibility index (Phi) is 7.29. The van der Waals surface area contributed by atoms with Crippen LogP contribution in [0.2, 0.25) is 0 Å². The lowest BCUT2D eigenvalue weighted by Crippen LogP contribution is -2.40. The fourth-order valence-electron chi connectivity index (χ4n) is 6.23. The van der Waals surface area contributed by atoms with E-state index in [1.165, 1.54) is 75.4 Å². The minimum atomic E-state index is -0.194. The van der Waals surface area contributed by atoms with E-state index in [2.05, 4.69) is 34.5 Å². The molecule has 6 nitrogen and oxygen atoms in total. The molecule has 2 amide bonds. The molecule has 0 unspecified atom stereocenters. The van der Waals surface area contributed by atoms with Crippen LogP contribution in [0.3, 0.4) is 0 Å². The molecule has 0 atom stereocenters. The Hall–Kier alpha value is -2.68. The summed E-state index contributed by atoms with van der Waals surface area (Å²) in [5, 5.41) is 2.64. The number of ether oxygens (including phenoxy) is 1. The second kappa shape index (κ2) is 10.8. The Morgan fingerprint density at radius 1 is 0.947 bits per heavy atom. The lowest BCUT2D eigenvalue weighted by atomic mass is 9.68. The van der Waals surface area contributed by atoms with Crippen LogP contribution >= 0.6 is 24.0 Å². The molecule has 1 spiro atoms. The van der Waals surface area contributed by atoms with E-state index < -0.39 is 0 Å². The summed E-state index contributed by atoms with van der Waals surface area (Å²) in [5.41, 5.74) is 4.57. The number of likely N-dealkylation sites (tertiary alicyclic amines) is 1. The summed E-state index contributed by atoms with van der Waals surface area (Å²) in [7, 11) is 0. The number of hydrogen-bond donors (Lipinski definition) is 1. The van der Waals surface area contributed by atoms with Crippen molar-refractivity contribution in [3.63, 3.8) is 0 Å². The van der Waals surface area contributed by atoms with Crippen molar-refractivity contribution in [2.75, 3.05) is 24.6 Å². The number of thiocarbonyl (C=S) groups is 1. The second-order valence-electron chi connectivity index (χ2n) is 11.0. The molecule has 38 heavy (non-hydrogen) atoms. The largest absolute Gasteiger partial charge is 0.482 e. The third-order valence-corrected chi connectivity index (χ3v) is 9.63. The average molecular weight is 548 g/mol. The maximum atomic E-state index is 12.9. The number of fused-ring (bicyclic) bond motifs is 1. The number of benzene rings is 2. The first kappa shape index (κ1) is 25.6. The van der Waals surface area contributed by atoms with Crippen LogP contribution in [0.4, 0.5) is 5.69 Å². The van der Waals surface area contributed by atoms with Crippen molar-refractivity contribution in [1.29, 1.82) is 0 Å². The first-order valence-electron chi connectivity index (χ1n) is 13.6. The molecule has 6 rings (SSSR count). The lowest BCUT2D eigenvalue weighted by Gasteiger charge is -2.44. The zero-order chi connectivity index (χ0) is 26.1. The fraction of sp³-hybridized carbons (Fsp3) is 0.433. The molecule has 1 aliphatic carbocycles. The van der Waals surface area contributed by atoms with Crippen molar-refractivity contribution in [2.45, 2.75) is 58.0 Å². The van der Waals surface area contributed by atoms with Crippen LogP contribution < -0.4 is 15.0 Å². The van der Waals surface area contributed by atoms with E-state index in [0.29, 0.717) is 26.9 Å². The first-order chi connectivity index (χ1) is 18.5. The van der Waals surface area contributed by atoms with Crippen molar-refractivity contribution in [1.82, 2.24) is 10.2 Å². The quantitative estimate of drug-likeness (QED) is 0.386. The predicted molar refractivity (Wildman–Crippen MR) is 156 cm³/mol. The summed E-state index contributed by atoms with van der Waals surface area (Å²) in [4.78, 5) is 29.9. The number of hydrogen-bond acceptors (Lipinski definition) is 6. The molecule has 1 N–H and O–H groups in total. The second-order valence-corrected chi connectivity index (χ2v) is 12.7. The van der Waals surface area contributed by atoms with Crippen LogP contribution in [0.5, 0.6) is 5.75 Å². The SMILES string of the molecule is O=C1NC(=S)SC1=Cc1ccc2c(c1)N(Cc1ccc(CN3CCC4(CCCCC4)CC3)cc1)C(=O)CO2. The smallest absolute Gasteiger partial charge is 0.265 e. The van der Waals surface area contributed by atoms with Gasteiger partial charge in [-0.3, -0.25) is 14.5 Å². The van der Waals surface area contributed by atoms with Crippen molar-refractivity contribution >= 4 is 51.9 Å². The molecular weight excluding hydrogens is 514 g/mol. The van der Waals surface area contributed by atoms with E-state index in [4.69, 9.17) is 17.0 Å². The number of carbonyl (C=O) groups excluding carboxylic acids is 2. The van der Waals surface area contributed by atoms with Crippen LogP contribution in [0.25, 0.3) is 6.08 Å². The predicted octanol–water partition coefficient (Wildman–Crippen LogP) is 5.65. The highest BCUT2D eigenvalue weighted by Gasteiger charge is 2.35. The summed E-state index contributed by atoms with van der Waals surface area (Å²) in [6, 6.07) is 14.3. The summed E-state index contributed by atoms with van der Waals surface area (Å²) in [6.07, 6.45) is 11.6. The van der Waals surface area contributed by atoms with E-state index in [9.17, 15) is 9.59 Å². The summed E-state index contributed by atoms with van der Waals surface area (Å²) in [6.45, 7) is 3.88. The minimum absolute atomic E-state index is 0.0223. The molecule has 0 bridgehead atoms. The highest BCUT2D eigenvalue weighted by molar-refractivity contribution is 8.26. The highest BCUT2D eigenvalue weighted by atomic mass is 32.2. The monoisotopic (exact) mass is 547 g/mol. The third-order valence-electron chi connectivity index (χ3n) is 8.47. The lowest BCUT2D eigenvalue weighted by molar-refractivity contribution is -0.121. The number of anilines is 1. The standard InChI is InChI=1S/C30H33N3O3S2/c34-27-20-36-25-9-8-23(17-26-28(35)31-29(37)38-26)16-24(25)33(27)19-22-6-4-21(5-7-22)18-32-14-12-30(13-15-32)10-2-1-3-11-30/h4-9,16-17H,1-3,10-15,18-20H2,(H,31,35,37). The van der Waals surface area contributed by atoms with E-state index in [1.807, 2.05) is 18.2 Å². The molecule has 2 saturated heterocycles. The highest BCUT2D eigenvalue weighted by Crippen LogP contribution is 2.44. The number of nitrogens with one attached hydrogen (secondary N) is 1. The molecule has 3 aliphatic heterocycles. The van der Waals surface area contributed by atoms with Gasteiger partial charge in [0, 0.05) is 6.54 Å². The number of amides is 2. The van der Waals surface area contributed by atoms with E-state index >= 15 is 0 Å². The zero-order valence-corrected chi connectivity index (χ0v) is 23.2. The van der Waals surface area contributed by atoms with Gasteiger partial charge in [0.05, 0.1) is 17.1 Å². The summed E-state index contributed by atoms with van der Waals surface area (Å²) in [5.74, 6) is 0.397. The maximum absolute atomic E-state index is 12.9. The Balaban J connectivity index is 1.12. The fourth-order valence-corrected chi connectivity index (χ4v) is 7.28. The number of thioether (sulfide) groups is 1. The molecule has 0 radical (unpaired) electrons. The van der Waals surface area contributed by atoms with Gasteiger partial charge in [-0.05, 0) is 79.1 Å². The van der Waals surface area contributed by atoms with Gasteiger partial charge in [-0.15, -0.1) is 0 Å². The Labute approximate surface area is 233 Å². The molecule has 2 aromatic carbocycles. The van der Waals surface area contributed by atoms with Gasteiger partial charge in [0.25, 0.3) is 11.8 Å². The van der Waals surface area contributed by atoms with Crippen molar-refractivity contribution in [3.05, 3.63) is 64.1 Å². The average Bonchev–Trinajstić information content (AvgIpc) is 3.25. The molecule has 4 aliphatic rings. The molecular formula is C30H33N3O3S2. The van der Waals surface area contributed by atoms with Crippen molar-refractivity contribution in [2.24, 2.45) is 5.41 Å². The Morgan fingerprint density at radius 3 is 2.34 bits per heavy atom. The molecule has 8 heteroatoms. The van der Waals surface area contributed by atoms with E-state index in [1.54, 1.807) is 11.0 Å². The van der Waals surface area contributed by atoms with Gasteiger partial charge in [0.1, 0.15) is 10.1 Å². The third kappa shape index (κ3) is 5.53. The molecule has 2 aromatic rings. The van der Waals surface area contributed by atoms with Crippen molar-refractivity contribution in [3.8, 4) is 5.75 Å².